The first-order valence-electron chi connectivity index (χ1n) is 11.9. The summed E-state index contributed by atoms with van der Waals surface area (Å²) in [6, 6.07) is 4.60. The Morgan fingerprint density at radius 3 is 2.18 bits per heavy atom. The molecule has 10 nitrogen and oxygen atoms in total. The quantitative estimate of drug-likeness (QED) is 0.471. The van der Waals surface area contributed by atoms with Crippen LogP contribution in [0.3, 0.4) is 0 Å². The van der Waals surface area contributed by atoms with Crippen molar-refractivity contribution in [2.75, 3.05) is 39.4 Å². The maximum Gasteiger partial charge on any atom is 0.490 e. The first-order valence-corrected chi connectivity index (χ1v) is 11.9. The van der Waals surface area contributed by atoms with E-state index in [1.54, 1.807) is 0 Å². The van der Waals surface area contributed by atoms with E-state index in [4.69, 9.17) is 24.5 Å². The summed E-state index contributed by atoms with van der Waals surface area (Å²) in [6.45, 7) is 8.07. The molecule has 39 heavy (non-hydrogen) atoms. The van der Waals surface area contributed by atoms with E-state index in [1.165, 1.54) is 5.56 Å². The van der Waals surface area contributed by atoms with Crippen LogP contribution in [0.2, 0.25) is 0 Å². The number of urea groups is 1. The van der Waals surface area contributed by atoms with Crippen molar-refractivity contribution < 1.29 is 55.7 Å². The third kappa shape index (κ3) is 10.5. The van der Waals surface area contributed by atoms with Gasteiger partial charge in [-0.15, -0.1) is 0 Å². The van der Waals surface area contributed by atoms with Gasteiger partial charge in [0.25, 0.3) is 0 Å². The van der Waals surface area contributed by atoms with Crippen molar-refractivity contribution in [2.45, 2.75) is 44.7 Å². The fraction of sp³-hybridized carbons (Fsp3) is 0.652. The predicted molar refractivity (Wildman–Crippen MR) is 122 cm³/mol. The van der Waals surface area contributed by atoms with Gasteiger partial charge in [-0.1, -0.05) is 13.0 Å². The monoisotopic (exact) mass is 572 g/mol. The number of pyridine rings is 1. The summed E-state index contributed by atoms with van der Waals surface area (Å²) in [4.78, 5) is 39.0. The lowest BCUT2D eigenvalue weighted by atomic mass is 9.79. The molecule has 3 aliphatic rings. The summed E-state index contributed by atoms with van der Waals surface area (Å²) < 4.78 is 69.4. The highest BCUT2D eigenvalue weighted by atomic mass is 19.4. The molecule has 0 unspecified atom stereocenters. The van der Waals surface area contributed by atoms with Gasteiger partial charge in [0.1, 0.15) is 0 Å². The molecule has 220 valence electrons. The molecular formula is C23H30F6N4O6. The Morgan fingerprint density at radius 1 is 1.10 bits per heavy atom. The number of carbonyl (C=O) groups is 3. The van der Waals surface area contributed by atoms with Gasteiger partial charge < -0.3 is 25.2 Å². The number of halogens is 6. The highest BCUT2D eigenvalue weighted by Gasteiger charge is 2.47. The molecule has 1 aromatic heterocycles. The Balaban J connectivity index is 0.000000317. The maximum absolute atomic E-state index is 12.6. The normalized spacial score (nSPS) is 23.6. The van der Waals surface area contributed by atoms with Crippen molar-refractivity contribution in [3.05, 3.63) is 30.1 Å². The van der Waals surface area contributed by atoms with Gasteiger partial charge in [-0.2, -0.15) is 26.3 Å². The van der Waals surface area contributed by atoms with E-state index < -0.39 is 24.3 Å². The Labute approximate surface area is 219 Å². The minimum absolute atomic E-state index is 0.0274. The average Bonchev–Trinajstić information content (AvgIpc) is 3.62. The van der Waals surface area contributed by atoms with Gasteiger partial charge in [0, 0.05) is 56.6 Å². The average molecular weight is 573 g/mol. The number of nitrogens with one attached hydrogen (secondary N) is 1. The molecule has 2 saturated heterocycles. The van der Waals surface area contributed by atoms with Crippen LogP contribution in [0.4, 0.5) is 31.1 Å². The molecule has 0 bridgehead atoms. The smallest absolute Gasteiger partial charge is 0.475 e. The van der Waals surface area contributed by atoms with Crippen LogP contribution >= 0.6 is 0 Å². The number of likely N-dealkylation sites (tertiary alicyclic amines) is 1. The number of carboxylic acids is 2. The number of rotatable bonds is 3. The standard InChI is InChI=1S/C19H28N4O2.2C2HF3O2/c1-15-10-22(11-16-3-2-6-20-9-16)12-19(15)13-23(7-8-25-14-19)18(24)21-17-4-5-17;2*3-2(4,5)1(6)7/h2-3,6,9,15,17H,4-5,7-8,10-14H2,1H3,(H,21,24);2*(H,6,7)/t15-,19+;;/m0../s1. The summed E-state index contributed by atoms with van der Waals surface area (Å²) in [5, 5.41) is 17.4. The van der Waals surface area contributed by atoms with E-state index in [9.17, 15) is 31.1 Å². The fourth-order valence-electron chi connectivity index (χ4n) is 4.13. The number of alkyl halides is 6. The lowest BCUT2D eigenvalue weighted by Gasteiger charge is -2.35. The molecule has 4 rings (SSSR count). The molecule has 1 saturated carbocycles. The van der Waals surface area contributed by atoms with Crippen molar-refractivity contribution >= 4 is 18.0 Å². The molecule has 3 fully saturated rings. The lowest BCUT2D eigenvalue weighted by molar-refractivity contribution is -0.193. The molecule has 16 heteroatoms. The highest BCUT2D eigenvalue weighted by Crippen LogP contribution is 2.39. The Morgan fingerprint density at radius 2 is 1.69 bits per heavy atom. The topological polar surface area (TPSA) is 132 Å². The number of ether oxygens (including phenoxy) is 1. The molecule has 3 heterocycles. The molecule has 1 aliphatic carbocycles. The second kappa shape index (κ2) is 13.3. The molecule has 2 atom stereocenters. The third-order valence-electron chi connectivity index (χ3n) is 6.32. The number of carboxylic acid groups (broad SMARTS) is 2. The van der Waals surface area contributed by atoms with E-state index in [-0.39, 0.29) is 11.4 Å². The second-order valence-corrected chi connectivity index (χ2v) is 9.60. The molecular weight excluding hydrogens is 542 g/mol. The van der Waals surface area contributed by atoms with Crippen LogP contribution in [-0.4, -0.2) is 101 Å². The molecule has 1 spiro atoms. The first kappa shape index (κ1) is 32.1. The van der Waals surface area contributed by atoms with Crippen LogP contribution in [-0.2, 0) is 20.9 Å². The lowest BCUT2D eigenvalue weighted by Crippen LogP contribution is -2.49. The van der Waals surface area contributed by atoms with Crippen LogP contribution in [0.15, 0.2) is 24.5 Å². The van der Waals surface area contributed by atoms with E-state index in [2.05, 4.69) is 28.2 Å². The number of aromatic nitrogens is 1. The summed E-state index contributed by atoms with van der Waals surface area (Å²) in [5.41, 5.74) is 1.27. The van der Waals surface area contributed by atoms with E-state index in [0.29, 0.717) is 25.1 Å². The maximum atomic E-state index is 12.6. The van der Waals surface area contributed by atoms with Gasteiger partial charge in [0.15, 0.2) is 0 Å². The van der Waals surface area contributed by atoms with Crippen molar-refractivity contribution in [1.82, 2.24) is 20.1 Å². The largest absolute Gasteiger partial charge is 0.490 e. The van der Waals surface area contributed by atoms with Gasteiger partial charge in [0.05, 0.1) is 13.2 Å². The number of amides is 2. The van der Waals surface area contributed by atoms with Crippen molar-refractivity contribution in [3.8, 4) is 0 Å². The number of hydrogen-bond acceptors (Lipinski definition) is 6. The predicted octanol–water partition coefficient (Wildman–Crippen LogP) is 2.99. The van der Waals surface area contributed by atoms with Crippen molar-refractivity contribution in [1.29, 1.82) is 0 Å². The van der Waals surface area contributed by atoms with Crippen LogP contribution in [0.1, 0.15) is 25.3 Å². The molecule has 0 aromatic carbocycles. The Kier molecular flexibility index (Phi) is 10.9. The van der Waals surface area contributed by atoms with E-state index >= 15 is 0 Å². The molecule has 0 radical (unpaired) electrons. The van der Waals surface area contributed by atoms with E-state index in [0.717, 1.165) is 45.6 Å². The van der Waals surface area contributed by atoms with Gasteiger partial charge in [-0.25, -0.2) is 14.4 Å². The zero-order valence-corrected chi connectivity index (χ0v) is 21.0. The minimum Gasteiger partial charge on any atom is -0.475 e. The Hall–Kier alpha value is -3.14. The number of aliphatic carboxylic acids is 2. The molecule has 2 amide bonds. The van der Waals surface area contributed by atoms with Crippen molar-refractivity contribution in [3.63, 3.8) is 0 Å². The van der Waals surface area contributed by atoms with E-state index in [1.807, 2.05) is 23.4 Å². The first-order chi connectivity index (χ1) is 18.0. The highest BCUT2D eigenvalue weighted by molar-refractivity contribution is 5.75. The summed E-state index contributed by atoms with van der Waals surface area (Å²) >= 11 is 0. The molecule has 2 aliphatic heterocycles. The Bertz CT molecular complexity index is 952. The number of hydrogen-bond donors (Lipinski definition) is 3. The van der Waals surface area contributed by atoms with Gasteiger partial charge >= 0.3 is 30.3 Å². The number of nitrogens with zero attached hydrogens (tertiary/aromatic N) is 3. The zero-order chi connectivity index (χ0) is 29.4. The van der Waals surface area contributed by atoms with Crippen LogP contribution in [0.25, 0.3) is 0 Å². The molecule has 3 N–H and O–H groups in total. The van der Waals surface area contributed by atoms with Crippen LogP contribution in [0, 0.1) is 11.3 Å². The number of carbonyl (C=O) groups excluding carboxylic acids is 1. The van der Waals surface area contributed by atoms with Crippen LogP contribution < -0.4 is 5.32 Å². The zero-order valence-electron chi connectivity index (χ0n) is 21.0. The third-order valence-corrected chi connectivity index (χ3v) is 6.32. The minimum atomic E-state index is -5.08. The summed E-state index contributed by atoms with van der Waals surface area (Å²) in [5.74, 6) is -5.02. The van der Waals surface area contributed by atoms with Gasteiger partial charge in [-0.3, -0.25) is 9.88 Å². The second-order valence-electron chi connectivity index (χ2n) is 9.60. The SMILES string of the molecule is C[C@H]1CN(Cc2cccnc2)C[C@@]12COCCN(C(=O)NC1CC1)C2.O=C(O)C(F)(F)F.O=C(O)C(F)(F)F. The summed E-state index contributed by atoms with van der Waals surface area (Å²) in [6.07, 6.45) is -4.17. The molecule has 1 aromatic rings. The van der Waals surface area contributed by atoms with Crippen molar-refractivity contribution in [2.24, 2.45) is 11.3 Å². The van der Waals surface area contributed by atoms with Gasteiger partial charge in [0.2, 0.25) is 0 Å². The van der Waals surface area contributed by atoms with Gasteiger partial charge in [-0.05, 0) is 30.4 Å². The van der Waals surface area contributed by atoms with Crippen LogP contribution in [0.5, 0.6) is 0 Å². The summed E-state index contributed by atoms with van der Waals surface area (Å²) in [7, 11) is 0. The fourth-order valence-corrected chi connectivity index (χ4v) is 4.13.